The molecule has 7 heteroatoms. The molecule has 1 fully saturated rings. The van der Waals surface area contributed by atoms with Gasteiger partial charge in [0.05, 0.1) is 11.4 Å². The van der Waals surface area contributed by atoms with Crippen molar-refractivity contribution in [1.82, 2.24) is 4.72 Å². The number of nitrogens with one attached hydrogen (secondary N) is 1. The lowest BCUT2D eigenvalue weighted by Crippen LogP contribution is -2.42. The highest BCUT2D eigenvalue weighted by molar-refractivity contribution is 7.90. The van der Waals surface area contributed by atoms with Crippen molar-refractivity contribution in [3.05, 3.63) is 29.8 Å². The molecule has 108 valence electrons. The van der Waals surface area contributed by atoms with Gasteiger partial charge in [-0.15, -0.1) is 0 Å². The molecule has 0 spiro atoms. The second-order valence-electron chi connectivity index (χ2n) is 5.14. The molecule has 0 aromatic heterocycles. The fourth-order valence-corrected chi connectivity index (χ4v) is 3.98. The molecule has 1 aliphatic heterocycles. The van der Waals surface area contributed by atoms with Gasteiger partial charge in [0.2, 0.25) is 0 Å². The number of fused-ring (bicyclic) bond motifs is 1. The van der Waals surface area contributed by atoms with Crippen molar-refractivity contribution in [1.29, 1.82) is 0 Å². The zero-order chi connectivity index (χ0) is 14.2. The quantitative estimate of drug-likeness (QED) is 0.654. The van der Waals surface area contributed by atoms with Crippen LogP contribution >= 0.6 is 0 Å². The van der Waals surface area contributed by atoms with Gasteiger partial charge >= 0.3 is 10.2 Å². The van der Waals surface area contributed by atoms with Crippen LogP contribution in [0.2, 0.25) is 0 Å². The van der Waals surface area contributed by atoms with Gasteiger partial charge < -0.3 is 5.21 Å². The van der Waals surface area contributed by atoms with E-state index in [1.54, 1.807) is 18.2 Å². The largest absolute Gasteiger partial charge is 0.411 e. The Bertz CT molecular complexity index is 638. The van der Waals surface area contributed by atoms with E-state index in [1.807, 2.05) is 6.07 Å². The van der Waals surface area contributed by atoms with Gasteiger partial charge in [0.1, 0.15) is 0 Å². The molecule has 0 unspecified atom stereocenters. The molecule has 0 atom stereocenters. The van der Waals surface area contributed by atoms with Crippen molar-refractivity contribution in [2.24, 2.45) is 5.16 Å². The molecule has 3 rings (SSSR count). The molecule has 1 aromatic carbocycles. The third kappa shape index (κ3) is 2.51. The van der Waals surface area contributed by atoms with E-state index in [1.165, 1.54) is 4.31 Å². The molecular formula is C13H17N3O3S. The Hall–Kier alpha value is -1.60. The summed E-state index contributed by atoms with van der Waals surface area (Å²) in [6.07, 6.45) is 2.98. The van der Waals surface area contributed by atoms with E-state index in [4.69, 9.17) is 5.21 Å². The van der Waals surface area contributed by atoms with Crippen LogP contribution in [0.5, 0.6) is 0 Å². The number of benzene rings is 1. The summed E-state index contributed by atoms with van der Waals surface area (Å²) in [4.78, 5) is 0. The smallest absolute Gasteiger partial charge is 0.301 e. The van der Waals surface area contributed by atoms with Crippen molar-refractivity contribution in [3.63, 3.8) is 0 Å². The number of oxime groups is 1. The van der Waals surface area contributed by atoms with Gasteiger partial charge in [-0.05, 0) is 31.7 Å². The number of anilines is 1. The van der Waals surface area contributed by atoms with Crippen LogP contribution in [-0.2, 0) is 10.2 Å². The Balaban J connectivity index is 2.03. The summed E-state index contributed by atoms with van der Waals surface area (Å²) in [7, 11) is -3.54. The lowest BCUT2D eigenvalue weighted by atomic mass is 10.1. The number of rotatable bonds is 3. The number of hydrogen-bond donors (Lipinski definition) is 2. The zero-order valence-corrected chi connectivity index (χ0v) is 11.8. The Morgan fingerprint density at radius 1 is 1.30 bits per heavy atom. The van der Waals surface area contributed by atoms with E-state index in [-0.39, 0.29) is 6.04 Å². The van der Waals surface area contributed by atoms with Crippen molar-refractivity contribution in [2.75, 3.05) is 10.8 Å². The third-order valence-electron chi connectivity index (χ3n) is 3.56. The molecule has 1 aromatic rings. The Kier molecular flexibility index (Phi) is 3.39. The fraction of sp³-hybridized carbons (Fsp3) is 0.462. The highest BCUT2D eigenvalue weighted by atomic mass is 32.2. The average molecular weight is 295 g/mol. The van der Waals surface area contributed by atoms with E-state index in [0.29, 0.717) is 36.3 Å². The lowest BCUT2D eigenvalue weighted by molar-refractivity contribution is 0.318. The first kappa shape index (κ1) is 13.4. The molecule has 0 amide bonds. The van der Waals surface area contributed by atoms with Gasteiger partial charge in [-0.25, -0.2) is 0 Å². The minimum absolute atomic E-state index is 0.0707. The Labute approximate surface area is 118 Å². The van der Waals surface area contributed by atoms with Gasteiger partial charge in [0.25, 0.3) is 0 Å². The second-order valence-corrected chi connectivity index (χ2v) is 6.76. The van der Waals surface area contributed by atoms with Crippen LogP contribution in [0, 0.1) is 0 Å². The number of hydrogen-bond acceptors (Lipinski definition) is 4. The van der Waals surface area contributed by atoms with E-state index in [9.17, 15) is 8.42 Å². The van der Waals surface area contributed by atoms with Crippen molar-refractivity contribution in [3.8, 4) is 0 Å². The summed E-state index contributed by atoms with van der Waals surface area (Å²) < 4.78 is 29.0. The molecule has 0 bridgehead atoms. The third-order valence-corrected chi connectivity index (χ3v) is 5.15. The van der Waals surface area contributed by atoms with Gasteiger partial charge in [-0.2, -0.15) is 13.1 Å². The predicted molar refractivity (Wildman–Crippen MR) is 76.4 cm³/mol. The van der Waals surface area contributed by atoms with Crippen LogP contribution in [0.25, 0.3) is 0 Å². The molecule has 1 aliphatic carbocycles. The normalized spacial score (nSPS) is 21.6. The van der Waals surface area contributed by atoms with Crippen LogP contribution in [0.1, 0.15) is 31.2 Å². The SMILES string of the molecule is O=S(=O)(NC1CC1)N1CCC/C(=N/O)c2ccccc21. The van der Waals surface area contributed by atoms with Gasteiger partial charge in [-0.1, -0.05) is 23.4 Å². The van der Waals surface area contributed by atoms with Crippen LogP contribution in [0.4, 0.5) is 5.69 Å². The van der Waals surface area contributed by atoms with Gasteiger partial charge in [0, 0.05) is 18.2 Å². The highest BCUT2D eigenvalue weighted by Gasteiger charge is 2.33. The maximum Gasteiger partial charge on any atom is 0.301 e. The zero-order valence-electron chi connectivity index (χ0n) is 11.0. The first-order chi connectivity index (χ1) is 9.62. The first-order valence-electron chi connectivity index (χ1n) is 6.72. The standard InChI is InChI=1S/C13H17N3O3S/c17-14-12-5-3-9-16(13-6-2-1-4-11(12)13)20(18,19)15-10-7-8-10/h1-2,4,6,10,15,17H,3,5,7-9H2/b14-12-. The van der Waals surface area contributed by atoms with Crippen LogP contribution in [0.3, 0.4) is 0 Å². The van der Waals surface area contributed by atoms with Gasteiger partial charge in [0.15, 0.2) is 0 Å². The van der Waals surface area contributed by atoms with Crippen LogP contribution < -0.4 is 9.03 Å². The van der Waals surface area contributed by atoms with E-state index in [0.717, 1.165) is 12.8 Å². The summed E-state index contributed by atoms with van der Waals surface area (Å²) in [5.74, 6) is 0. The molecular weight excluding hydrogens is 278 g/mol. The Morgan fingerprint density at radius 2 is 2.05 bits per heavy atom. The topological polar surface area (TPSA) is 82.0 Å². The van der Waals surface area contributed by atoms with Crippen molar-refractivity contribution >= 4 is 21.6 Å². The summed E-state index contributed by atoms with van der Waals surface area (Å²) in [6, 6.07) is 7.21. The highest BCUT2D eigenvalue weighted by Crippen LogP contribution is 2.29. The number of para-hydroxylation sites is 1. The molecule has 2 aliphatic rings. The van der Waals surface area contributed by atoms with E-state index >= 15 is 0 Å². The summed E-state index contributed by atoms with van der Waals surface area (Å²) in [5.41, 5.74) is 1.78. The molecule has 0 saturated heterocycles. The summed E-state index contributed by atoms with van der Waals surface area (Å²) >= 11 is 0. The molecule has 1 heterocycles. The molecule has 1 saturated carbocycles. The van der Waals surface area contributed by atoms with E-state index in [2.05, 4.69) is 9.88 Å². The predicted octanol–water partition coefficient (Wildman–Crippen LogP) is 1.46. The fourth-order valence-electron chi connectivity index (χ4n) is 2.41. The maximum atomic E-state index is 12.5. The minimum atomic E-state index is -3.54. The Morgan fingerprint density at radius 3 is 2.75 bits per heavy atom. The monoisotopic (exact) mass is 295 g/mol. The van der Waals surface area contributed by atoms with E-state index < -0.39 is 10.2 Å². The van der Waals surface area contributed by atoms with Crippen LogP contribution in [-0.4, -0.2) is 31.9 Å². The number of nitrogens with zero attached hydrogens (tertiary/aromatic N) is 2. The molecule has 2 N–H and O–H groups in total. The van der Waals surface area contributed by atoms with Gasteiger partial charge in [-0.3, -0.25) is 4.31 Å². The minimum Gasteiger partial charge on any atom is -0.411 e. The molecule has 20 heavy (non-hydrogen) atoms. The maximum absolute atomic E-state index is 12.5. The van der Waals surface area contributed by atoms with Crippen molar-refractivity contribution < 1.29 is 13.6 Å². The average Bonchev–Trinajstić information content (AvgIpc) is 3.23. The molecule has 6 nitrogen and oxygen atoms in total. The first-order valence-corrected chi connectivity index (χ1v) is 8.16. The van der Waals surface area contributed by atoms with Crippen molar-refractivity contribution in [2.45, 2.75) is 31.7 Å². The summed E-state index contributed by atoms with van der Waals surface area (Å²) in [6.45, 7) is 0.387. The van der Waals surface area contributed by atoms with Crippen LogP contribution in [0.15, 0.2) is 29.4 Å². The summed E-state index contributed by atoms with van der Waals surface area (Å²) in [5, 5.41) is 12.4. The lowest BCUT2D eigenvalue weighted by Gasteiger charge is -2.24. The second kappa shape index (κ2) is 5.06. The molecule has 0 radical (unpaired) electrons.